The summed E-state index contributed by atoms with van der Waals surface area (Å²) in [4.78, 5) is 62.0. The van der Waals surface area contributed by atoms with Crippen LogP contribution >= 0.6 is 11.8 Å². The molecule has 0 heterocycles. The van der Waals surface area contributed by atoms with Crippen LogP contribution in [-0.2, 0) is 30.4 Å². The Kier molecular flexibility index (Phi) is 13.8. The number of hydrogen-bond donors (Lipinski definition) is 4. The normalized spacial score (nSPS) is 14.2. The predicted molar refractivity (Wildman–Crippen MR) is 142 cm³/mol. The Bertz CT molecular complexity index is 894. The number of nitrogens with one attached hydrogen (secondary N) is 4. The van der Waals surface area contributed by atoms with E-state index in [0.29, 0.717) is 18.6 Å². The third-order valence-corrected chi connectivity index (χ3v) is 6.27. The van der Waals surface area contributed by atoms with Gasteiger partial charge in [0.05, 0.1) is 6.04 Å². The molecule has 0 aromatic heterocycles. The number of carbonyl (C=O) groups is 5. The zero-order valence-corrected chi connectivity index (χ0v) is 22.9. The number of Topliss-reactive ketones (excluding diaryl/α,β-unsaturated/α-hetero) is 1. The lowest BCUT2D eigenvalue weighted by atomic mass is 10.0. The van der Waals surface area contributed by atoms with Crippen LogP contribution < -0.4 is 21.3 Å². The molecular weight excluding hydrogens is 480 g/mol. The molecule has 4 atom stereocenters. The van der Waals surface area contributed by atoms with Crippen LogP contribution in [0.25, 0.3) is 0 Å². The third kappa shape index (κ3) is 11.2. The molecule has 0 radical (unpaired) electrons. The third-order valence-electron chi connectivity index (χ3n) is 5.60. The van der Waals surface area contributed by atoms with E-state index in [0.717, 1.165) is 12.0 Å². The van der Waals surface area contributed by atoms with Crippen LogP contribution in [-0.4, -0.2) is 65.6 Å². The van der Waals surface area contributed by atoms with E-state index in [1.807, 2.05) is 30.3 Å². The molecule has 4 amide bonds. The first-order valence-electron chi connectivity index (χ1n) is 12.2. The number of rotatable bonds is 15. The van der Waals surface area contributed by atoms with Gasteiger partial charge in [0.1, 0.15) is 18.1 Å². The van der Waals surface area contributed by atoms with Crippen molar-refractivity contribution in [2.45, 2.75) is 78.0 Å². The van der Waals surface area contributed by atoms with Crippen molar-refractivity contribution in [3.05, 3.63) is 35.9 Å². The van der Waals surface area contributed by atoms with E-state index >= 15 is 0 Å². The molecule has 4 N–H and O–H groups in total. The summed E-state index contributed by atoms with van der Waals surface area (Å²) in [6.45, 7) is 8.03. The molecule has 0 aliphatic heterocycles. The van der Waals surface area contributed by atoms with Gasteiger partial charge in [-0.3, -0.25) is 24.0 Å². The summed E-state index contributed by atoms with van der Waals surface area (Å²) in [5.41, 5.74) is 1.16. The Morgan fingerprint density at radius 3 is 1.97 bits per heavy atom. The number of benzene rings is 1. The second-order valence-electron chi connectivity index (χ2n) is 9.20. The number of carbonyl (C=O) groups excluding carboxylic acids is 5. The Labute approximate surface area is 218 Å². The zero-order valence-electron chi connectivity index (χ0n) is 22.1. The van der Waals surface area contributed by atoms with Crippen molar-refractivity contribution in [2.24, 2.45) is 5.92 Å². The minimum atomic E-state index is -0.929. The van der Waals surface area contributed by atoms with Gasteiger partial charge in [0.25, 0.3) is 0 Å². The summed E-state index contributed by atoms with van der Waals surface area (Å²) in [7, 11) is 0. The van der Waals surface area contributed by atoms with Gasteiger partial charge in [-0.05, 0) is 44.4 Å². The summed E-state index contributed by atoms with van der Waals surface area (Å²) in [6.07, 6.45) is 3.60. The highest BCUT2D eigenvalue weighted by Gasteiger charge is 2.29. The van der Waals surface area contributed by atoms with E-state index in [1.165, 1.54) is 25.6 Å². The number of hydrogen-bond acceptors (Lipinski definition) is 6. The Morgan fingerprint density at radius 2 is 1.42 bits per heavy atom. The molecule has 0 saturated heterocycles. The minimum Gasteiger partial charge on any atom is -0.345 e. The van der Waals surface area contributed by atoms with Crippen molar-refractivity contribution in [3.8, 4) is 0 Å². The van der Waals surface area contributed by atoms with Gasteiger partial charge in [-0.15, -0.1) is 0 Å². The molecule has 36 heavy (non-hydrogen) atoms. The highest BCUT2D eigenvalue weighted by Crippen LogP contribution is 2.08. The van der Waals surface area contributed by atoms with E-state index in [1.54, 1.807) is 27.0 Å². The molecule has 0 aliphatic rings. The standard InChI is InChI=1S/C26H40N4O5S/c1-16(2)23(30-24(33)18(4)28-25(34)21(15-36-6)29-19(5)31)26(35)27-17(3)22(32)14-10-13-20-11-8-7-9-12-20/h7-9,11-12,16-18,21,23H,10,13-15H2,1-6H3,(H,27,35)(H,28,34)(H,29,31)(H,30,33)/t17-,18-,21?,23?/m0/s1. The Hall–Kier alpha value is -2.88. The largest absolute Gasteiger partial charge is 0.345 e. The van der Waals surface area contributed by atoms with E-state index < -0.39 is 41.9 Å². The first-order valence-corrected chi connectivity index (χ1v) is 13.6. The van der Waals surface area contributed by atoms with Crippen molar-refractivity contribution in [3.63, 3.8) is 0 Å². The van der Waals surface area contributed by atoms with Gasteiger partial charge in [-0.2, -0.15) is 11.8 Å². The first kappa shape index (κ1) is 31.2. The first-order chi connectivity index (χ1) is 17.0. The second kappa shape index (κ2) is 16.0. The highest BCUT2D eigenvalue weighted by atomic mass is 32.2. The van der Waals surface area contributed by atoms with Gasteiger partial charge < -0.3 is 21.3 Å². The van der Waals surface area contributed by atoms with Gasteiger partial charge in [0.15, 0.2) is 5.78 Å². The Balaban J connectivity index is 2.62. The van der Waals surface area contributed by atoms with Crippen molar-refractivity contribution in [1.29, 1.82) is 0 Å². The van der Waals surface area contributed by atoms with Crippen molar-refractivity contribution in [1.82, 2.24) is 21.3 Å². The van der Waals surface area contributed by atoms with Gasteiger partial charge in [-0.1, -0.05) is 44.2 Å². The van der Waals surface area contributed by atoms with E-state index in [9.17, 15) is 24.0 Å². The number of ketones is 1. The molecule has 200 valence electrons. The number of aryl methyl sites for hydroxylation is 1. The molecule has 0 aliphatic carbocycles. The van der Waals surface area contributed by atoms with E-state index in [4.69, 9.17) is 0 Å². The van der Waals surface area contributed by atoms with Crippen molar-refractivity contribution in [2.75, 3.05) is 12.0 Å². The SMILES string of the molecule is CSCC(NC(C)=O)C(=O)N[C@@H](C)C(=O)NC(C(=O)N[C@@H](C)C(=O)CCCc1ccccc1)C(C)C. The fourth-order valence-corrected chi connectivity index (χ4v) is 4.07. The van der Waals surface area contributed by atoms with E-state index in [-0.39, 0.29) is 17.6 Å². The quantitative estimate of drug-likeness (QED) is 0.278. The maximum atomic E-state index is 12.9. The molecule has 0 spiro atoms. The molecule has 1 aromatic rings. The maximum Gasteiger partial charge on any atom is 0.244 e. The summed E-state index contributed by atoms with van der Waals surface area (Å²) in [5.74, 6) is -1.80. The van der Waals surface area contributed by atoms with Crippen LogP contribution in [0.5, 0.6) is 0 Å². The summed E-state index contributed by atoms with van der Waals surface area (Å²) >= 11 is 1.39. The molecule has 10 heteroatoms. The van der Waals surface area contributed by atoms with E-state index in [2.05, 4.69) is 21.3 Å². The van der Waals surface area contributed by atoms with Crippen LogP contribution in [0, 0.1) is 5.92 Å². The van der Waals surface area contributed by atoms with Gasteiger partial charge in [-0.25, -0.2) is 0 Å². The van der Waals surface area contributed by atoms with Gasteiger partial charge in [0, 0.05) is 19.1 Å². The lowest BCUT2D eigenvalue weighted by Crippen LogP contribution is -2.58. The van der Waals surface area contributed by atoms with Crippen molar-refractivity contribution >= 4 is 41.2 Å². The minimum absolute atomic E-state index is 0.0773. The topological polar surface area (TPSA) is 133 Å². The number of amides is 4. The molecule has 0 saturated carbocycles. The predicted octanol–water partition coefficient (Wildman–Crippen LogP) is 1.60. The molecular formula is C26H40N4O5S. The molecule has 1 aromatic carbocycles. The Morgan fingerprint density at radius 1 is 0.806 bits per heavy atom. The van der Waals surface area contributed by atoms with Gasteiger partial charge in [0.2, 0.25) is 23.6 Å². The lowest BCUT2D eigenvalue weighted by molar-refractivity contribution is -0.134. The average Bonchev–Trinajstić information content (AvgIpc) is 2.81. The molecule has 9 nitrogen and oxygen atoms in total. The smallest absolute Gasteiger partial charge is 0.244 e. The van der Waals surface area contributed by atoms with Crippen LogP contribution in [0.15, 0.2) is 30.3 Å². The van der Waals surface area contributed by atoms with Crippen LogP contribution in [0.1, 0.15) is 53.0 Å². The molecule has 0 fully saturated rings. The molecule has 1 rings (SSSR count). The lowest BCUT2D eigenvalue weighted by Gasteiger charge is -2.26. The fourth-order valence-electron chi connectivity index (χ4n) is 3.50. The van der Waals surface area contributed by atoms with Crippen LogP contribution in [0.2, 0.25) is 0 Å². The zero-order chi connectivity index (χ0) is 27.3. The monoisotopic (exact) mass is 520 g/mol. The van der Waals surface area contributed by atoms with Crippen LogP contribution in [0.4, 0.5) is 0 Å². The maximum absolute atomic E-state index is 12.9. The second-order valence-corrected chi connectivity index (χ2v) is 10.1. The fraction of sp³-hybridized carbons (Fsp3) is 0.577. The van der Waals surface area contributed by atoms with Crippen molar-refractivity contribution < 1.29 is 24.0 Å². The highest BCUT2D eigenvalue weighted by molar-refractivity contribution is 7.98. The molecule has 2 unspecified atom stereocenters. The average molecular weight is 521 g/mol. The summed E-state index contributed by atoms with van der Waals surface area (Å²) < 4.78 is 0. The summed E-state index contributed by atoms with van der Waals surface area (Å²) in [5, 5.41) is 10.5. The van der Waals surface area contributed by atoms with Gasteiger partial charge >= 0.3 is 0 Å². The summed E-state index contributed by atoms with van der Waals surface area (Å²) in [6, 6.07) is 6.61. The molecule has 0 bridgehead atoms. The number of thioether (sulfide) groups is 1. The van der Waals surface area contributed by atoms with Crippen LogP contribution in [0.3, 0.4) is 0 Å².